The Morgan fingerprint density at radius 1 is 1.05 bits per heavy atom. The van der Waals surface area contributed by atoms with Crippen LogP contribution in [0.3, 0.4) is 0 Å². The second kappa shape index (κ2) is 6.68. The van der Waals surface area contributed by atoms with E-state index in [1.54, 1.807) is 0 Å². The Hall–Kier alpha value is -0.570. The van der Waals surface area contributed by atoms with Crippen LogP contribution in [0.2, 0.25) is 5.02 Å². The summed E-state index contributed by atoms with van der Waals surface area (Å²) in [5.74, 6) is 0. The zero-order valence-corrected chi connectivity index (χ0v) is 13.6. The van der Waals surface area contributed by atoms with Crippen LogP contribution in [0.5, 0.6) is 0 Å². The molecule has 2 aliphatic rings. The van der Waals surface area contributed by atoms with E-state index in [0.717, 1.165) is 11.4 Å². The molecule has 1 unspecified atom stereocenters. The number of hydrogen-bond donors (Lipinski definition) is 1. The van der Waals surface area contributed by atoms with E-state index in [2.05, 4.69) is 17.0 Å². The first-order valence-electron chi connectivity index (χ1n) is 8.46. The van der Waals surface area contributed by atoms with Gasteiger partial charge in [0.1, 0.15) is 0 Å². The van der Waals surface area contributed by atoms with Crippen LogP contribution in [0.25, 0.3) is 0 Å². The lowest BCUT2D eigenvalue weighted by Gasteiger charge is -2.47. The van der Waals surface area contributed by atoms with Gasteiger partial charge in [0.15, 0.2) is 0 Å². The number of benzene rings is 1. The number of halogens is 1. The Balaban J connectivity index is 1.78. The molecule has 1 saturated carbocycles. The highest BCUT2D eigenvalue weighted by atomic mass is 35.5. The Bertz CT molecular complexity index is 462. The van der Waals surface area contributed by atoms with Crippen LogP contribution >= 0.6 is 11.6 Å². The molecule has 1 aromatic rings. The largest absolute Gasteiger partial charge is 0.326 e. The molecule has 1 aliphatic heterocycles. The number of likely N-dealkylation sites (tertiary alicyclic amines) is 1. The third-order valence-corrected chi connectivity index (χ3v) is 5.91. The fourth-order valence-electron chi connectivity index (χ4n) is 4.34. The number of rotatable bonds is 4. The van der Waals surface area contributed by atoms with Gasteiger partial charge in [-0.1, -0.05) is 49.1 Å². The average molecular weight is 307 g/mol. The monoisotopic (exact) mass is 306 g/mol. The first kappa shape index (κ1) is 15.3. The summed E-state index contributed by atoms with van der Waals surface area (Å²) in [4.78, 5) is 2.71. The van der Waals surface area contributed by atoms with Gasteiger partial charge >= 0.3 is 0 Å². The minimum absolute atomic E-state index is 0.193. The van der Waals surface area contributed by atoms with Gasteiger partial charge in [-0.15, -0.1) is 0 Å². The van der Waals surface area contributed by atoms with Crippen LogP contribution in [-0.4, -0.2) is 29.6 Å². The van der Waals surface area contributed by atoms with Gasteiger partial charge in [-0.05, 0) is 56.8 Å². The zero-order chi connectivity index (χ0) is 14.7. The highest BCUT2D eigenvalue weighted by Crippen LogP contribution is 2.40. The summed E-state index contributed by atoms with van der Waals surface area (Å²) in [6.07, 6.45) is 10.1. The van der Waals surface area contributed by atoms with Crippen molar-refractivity contribution in [2.45, 2.75) is 62.9 Å². The first-order valence-corrected chi connectivity index (χ1v) is 8.84. The third kappa shape index (κ3) is 3.13. The number of nitrogens with two attached hydrogens (primary N) is 1. The average Bonchev–Trinajstić information content (AvgIpc) is 3.01. The van der Waals surface area contributed by atoms with Crippen molar-refractivity contribution < 1.29 is 0 Å². The van der Waals surface area contributed by atoms with E-state index < -0.39 is 0 Å². The van der Waals surface area contributed by atoms with E-state index >= 15 is 0 Å². The Morgan fingerprint density at radius 3 is 2.38 bits per heavy atom. The van der Waals surface area contributed by atoms with Gasteiger partial charge in [-0.3, -0.25) is 4.90 Å². The van der Waals surface area contributed by atoms with Crippen molar-refractivity contribution in [3.63, 3.8) is 0 Å². The van der Waals surface area contributed by atoms with Gasteiger partial charge < -0.3 is 5.73 Å². The van der Waals surface area contributed by atoms with Crippen LogP contribution < -0.4 is 5.73 Å². The van der Waals surface area contributed by atoms with E-state index in [1.807, 2.05) is 12.1 Å². The van der Waals surface area contributed by atoms with E-state index in [4.69, 9.17) is 17.3 Å². The molecule has 21 heavy (non-hydrogen) atoms. The molecule has 116 valence electrons. The summed E-state index contributed by atoms with van der Waals surface area (Å²) >= 11 is 6.34. The Morgan fingerprint density at radius 2 is 1.71 bits per heavy atom. The lowest BCUT2D eigenvalue weighted by Crippen LogP contribution is -2.60. The van der Waals surface area contributed by atoms with Crippen LogP contribution in [-0.2, 0) is 6.42 Å². The predicted molar refractivity (Wildman–Crippen MR) is 89.8 cm³/mol. The second-order valence-electron chi connectivity index (χ2n) is 6.76. The molecule has 0 spiro atoms. The molecule has 0 bridgehead atoms. The van der Waals surface area contributed by atoms with E-state index in [-0.39, 0.29) is 11.6 Å². The quantitative estimate of drug-likeness (QED) is 0.910. The highest BCUT2D eigenvalue weighted by molar-refractivity contribution is 6.31. The van der Waals surface area contributed by atoms with E-state index in [0.29, 0.717) is 0 Å². The summed E-state index contributed by atoms with van der Waals surface area (Å²) in [7, 11) is 0. The van der Waals surface area contributed by atoms with E-state index in [1.165, 1.54) is 63.6 Å². The van der Waals surface area contributed by atoms with Gasteiger partial charge in [-0.2, -0.15) is 0 Å². The minimum atomic E-state index is 0.193. The molecule has 1 aromatic carbocycles. The molecule has 2 N–H and O–H groups in total. The van der Waals surface area contributed by atoms with Crippen molar-refractivity contribution in [2.75, 3.05) is 13.1 Å². The van der Waals surface area contributed by atoms with Crippen LogP contribution in [0.1, 0.15) is 50.5 Å². The third-order valence-electron chi connectivity index (χ3n) is 5.54. The molecule has 1 heterocycles. The standard InChI is InChI=1S/C18H27ClN2/c19-16-9-3-2-8-15(16)14-17(20)18(10-4-5-11-18)21-12-6-1-7-13-21/h2-3,8-9,17H,1,4-7,10-14,20H2. The van der Waals surface area contributed by atoms with Gasteiger partial charge in [0.25, 0.3) is 0 Å². The van der Waals surface area contributed by atoms with Gasteiger partial charge in [0.05, 0.1) is 0 Å². The molecule has 2 nitrogen and oxygen atoms in total. The maximum Gasteiger partial charge on any atom is 0.0438 e. The summed E-state index contributed by atoms with van der Waals surface area (Å²) in [5.41, 5.74) is 8.17. The molecule has 0 radical (unpaired) electrons. The molecule has 1 saturated heterocycles. The molecule has 2 fully saturated rings. The van der Waals surface area contributed by atoms with Crippen molar-refractivity contribution >= 4 is 11.6 Å². The van der Waals surface area contributed by atoms with Gasteiger partial charge in [-0.25, -0.2) is 0 Å². The Kier molecular flexibility index (Phi) is 4.88. The van der Waals surface area contributed by atoms with Crippen molar-refractivity contribution in [3.05, 3.63) is 34.9 Å². The van der Waals surface area contributed by atoms with Crippen molar-refractivity contribution in [1.29, 1.82) is 0 Å². The minimum Gasteiger partial charge on any atom is -0.326 e. The molecule has 1 atom stereocenters. The normalized spacial score (nSPS) is 24.1. The van der Waals surface area contributed by atoms with E-state index in [9.17, 15) is 0 Å². The van der Waals surface area contributed by atoms with Gasteiger partial charge in [0, 0.05) is 16.6 Å². The number of piperidine rings is 1. The zero-order valence-electron chi connectivity index (χ0n) is 12.9. The molecule has 3 heteroatoms. The molecular formula is C18H27ClN2. The fraction of sp³-hybridized carbons (Fsp3) is 0.667. The lowest BCUT2D eigenvalue weighted by atomic mass is 9.82. The lowest BCUT2D eigenvalue weighted by molar-refractivity contribution is 0.0482. The van der Waals surface area contributed by atoms with Crippen LogP contribution in [0.4, 0.5) is 0 Å². The first-order chi connectivity index (χ1) is 10.2. The summed E-state index contributed by atoms with van der Waals surface area (Å²) in [5, 5.41) is 0.861. The fourth-order valence-corrected chi connectivity index (χ4v) is 4.55. The Labute approximate surface area is 133 Å². The highest BCUT2D eigenvalue weighted by Gasteiger charge is 2.44. The van der Waals surface area contributed by atoms with Crippen molar-refractivity contribution in [2.24, 2.45) is 5.73 Å². The van der Waals surface area contributed by atoms with Crippen LogP contribution in [0, 0.1) is 0 Å². The summed E-state index contributed by atoms with van der Waals surface area (Å²) < 4.78 is 0. The summed E-state index contributed by atoms with van der Waals surface area (Å²) in [6, 6.07) is 8.36. The molecular weight excluding hydrogens is 280 g/mol. The molecule has 0 amide bonds. The molecule has 0 aromatic heterocycles. The predicted octanol–water partition coefficient (Wildman–Crippen LogP) is 4.01. The molecule has 1 aliphatic carbocycles. The summed E-state index contributed by atoms with van der Waals surface area (Å²) in [6.45, 7) is 2.46. The smallest absolute Gasteiger partial charge is 0.0438 e. The molecule has 3 rings (SSSR count). The second-order valence-corrected chi connectivity index (χ2v) is 7.17. The number of nitrogens with zero attached hydrogens (tertiary/aromatic N) is 1. The maximum absolute atomic E-state index is 6.75. The van der Waals surface area contributed by atoms with Crippen molar-refractivity contribution in [1.82, 2.24) is 4.90 Å². The SMILES string of the molecule is NC(Cc1ccccc1Cl)C1(N2CCCCC2)CCCC1. The maximum atomic E-state index is 6.75. The topological polar surface area (TPSA) is 29.3 Å². The number of hydrogen-bond acceptors (Lipinski definition) is 2. The van der Waals surface area contributed by atoms with Crippen molar-refractivity contribution in [3.8, 4) is 0 Å². The van der Waals surface area contributed by atoms with Crippen LogP contribution in [0.15, 0.2) is 24.3 Å². The van der Waals surface area contributed by atoms with Gasteiger partial charge in [0.2, 0.25) is 0 Å².